The number of piperazine rings is 1. The number of anilines is 1. The van der Waals surface area contributed by atoms with E-state index >= 15 is 0 Å². The first-order valence-corrected chi connectivity index (χ1v) is 10.4. The molecular weight excluding hydrogens is 430 g/mol. The Hall–Kier alpha value is -3.87. The van der Waals surface area contributed by atoms with Gasteiger partial charge in [0, 0.05) is 26.2 Å². The predicted molar refractivity (Wildman–Crippen MR) is 122 cm³/mol. The lowest BCUT2D eigenvalue weighted by Crippen LogP contribution is -2.44. The van der Waals surface area contributed by atoms with E-state index < -0.39 is 11.2 Å². The van der Waals surface area contributed by atoms with Crippen LogP contribution in [0.5, 0.6) is 0 Å². The highest BCUT2D eigenvalue weighted by molar-refractivity contribution is 6.32. The van der Waals surface area contributed by atoms with Gasteiger partial charge in [0.1, 0.15) is 0 Å². The summed E-state index contributed by atoms with van der Waals surface area (Å²) in [5.74, 6) is 0.524. The Labute approximate surface area is 187 Å². The zero-order valence-corrected chi connectivity index (χ0v) is 17.6. The molecule has 1 saturated heterocycles. The van der Waals surface area contributed by atoms with Gasteiger partial charge in [-0.1, -0.05) is 29.8 Å². The zero-order valence-electron chi connectivity index (χ0n) is 16.9. The highest BCUT2D eigenvalue weighted by Gasteiger charge is 2.25. The number of aromatic amines is 1. The molecule has 0 atom stereocenters. The molecule has 3 heterocycles. The van der Waals surface area contributed by atoms with Gasteiger partial charge in [-0.25, -0.2) is 9.36 Å². The number of nitrogens with zero attached hydrogens (tertiary/aromatic N) is 5. The summed E-state index contributed by atoms with van der Waals surface area (Å²) >= 11 is 6.51. The van der Waals surface area contributed by atoms with E-state index in [9.17, 15) is 14.9 Å². The number of hydrogen-bond donors (Lipinski definition) is 2. The van der Waals surface area contributed by atoms with E-state index in [2.05, 4.69) is 21.3 Å². The van der Waals surface area contributed by atoms with Gasteiger partial charge in [-0.3, -0.25) is 14.3 Å². The molecule has 160 valence electrons. The molecule has 0 bridgehead atoms. The van der Waals surface area contributed by atoms with Crippen molar-refractivity contribution in [3.05, 3.63) is 80.0 Å². The molecule has 2 aromatic heterocycles. The number of aromatic nitrogens is 4. The number of hydrogen-bond acceptors (Lipinski definition) is 6. The normalized spacial score (nSPS) is 13.9. The van der Waals surface area contributed by atoms with E-state index in [-0.39, 0.29) is 11.2 Å². The van der Waals surface area contributed by atoms with Crippen LogP contribution in [-0.2, 0) is 0 Å². The van der Waals surface area contributed by atoms with Gasteiger partial charge in [0.25, 0.3) is 5.56 Å². The number of rotatable bonds is 3. The number of para-hydroxylation sites is 1. The fourth-order valence-electron chi connectivity index (χ4n) is 3.96. The van der Waals surface area contributed by atoms with Crippen LogP contribution >= 0.6 is 11.6 Å². The number of imidazole rings is 1. The molecule has 0 radical (unpaired) electrons. The maximum absolute atomic E-state index is 13.1. The van der Waals surface area contributed by atoms with E-state index in [1.54, 1.807) is 41.0 Å². The molecule has 1 aliphatic rings. The Balaban J connectivity index is 1.89. The van der Waals surface area contributed by atoms with Crippen molar-refractivity contribution in [3.63, 3.8) is 0 Å². The van der Waals surface area contributed by atoms with Crippen molar-refractivity contribution in [3.8, 4) is 17.4 Å². The van der Waals surface area contributed by atoms with Crippen LogP contribution < -0.4 is 21.5 Å². The molecule has 9 nitrogen and oxygen atoms in total. The highest BCUT2D eigenvalue weighted by atomic mass is 35.5. The van der Waals surface area contributed by atoms with E-state index in [0.717, 1.165) is 13.1 Å². The topological polar surface area (TPSA) is 112 Å². The van der Waals surface area contributed by atoms with Crippen LogP contribution in [0.3, 0.4) is 0 Å². The fourth-order valence-corrected chi connectivity index (χ4v) is 4.18. The van der Waals surface area contributed by atoms with Gasteiger partial charge in [-0.15, -0.1) is 0 Å². The maximum Gasteiger partial charge on any atom is 0.334 e. The minimum atomic E-state index is -0.631. The first-order chi connectivity index (χ1) is 15.6. The van der Waals surface area contributed by atoms with Crippen LogP contribution in [0.25, 0.3) is 22.5 Å². The van der Waals surface area contributed by atoms with Crippen molar-refractivity contribution in [2.45, 2.75) is 0 Å². The fraction of sp³-hybridized carbons (Fsp3) is 0.182. The van der Waals surface area contributed by atoms with Crippen LogP contribution in [-0.4, -0.2) is 45.3 Å². The Morgan fingerprint density at radius 2 is 1.81 bits per heavy atom. The number of benzene rings is 2. The molecule has 2 aromatic carbocycles. The van der Waals surface area contributed by atoms with E-state index in [0.29, 0.717) is 41.0 Å². The zero-order chi connectivity index (χ0) is 22.2. The van der Waals surface area contributed by atoms with Gasteiger partial charge in [-0.05, 0) is 30.3 Å². The maximum atomic E-state index is 13.1. The Morgan fingerprint density at radius 3 is 2.56 bits per heavy atom. The quantitative estimate of drug-likeness (QED) is 0.495. The monoisotopic (exact) mass is 447 g/mol. The minimum absolute atomic E-state index is 0.197. The lowest BCUT2D eigenvalue weighted by molar-refractivity contribution is 0.578. The third-order valence-corrected chi connectivity index (χ3v) is 5.74. The van der Waals surface area contributed by atoms with Gasteiger partial charge >= 0.3 is 5.69 Å². The Kier molecular flexibility index (Phi) is 5.01. The summed E-state index contributed by atoms with van der Waals surface area (Å²) in [4.78, 5) is 35.2. The summed E-state index contributed by atoms with van der Waals surface area (Å²) in [5.41, 5.74) is 0.620. The predicted octanol–water partition coefficient (Wildman–Crippen LogP) is 1.80. The van der Waals surface area contributed by atoms with Crippen LogP contribution in [0.2, 0.25) is 5.02 Å². The molecule has 2 N–H and O–H groups in total. The van der Waals surface area contributed by atoms with Crippen molar-refractivity contribution in [1.82, 2.24) is 24.4 Å². The summed E-state index contributed by atoms with van der Waals surface area (Å²) in [7, 11) is 0. The summed E-state index contributed by atoms with van der Waals surface area (Å²) in [6.07, 6.45) is 0. The minimum Gasteiger partial charge on any atom is -0.339 e. The second kappa shape index (κ2) is 8.00. The van der Waals surface area contributed by atoms with Gasteiger partial charge in [0.2, 0.25) is 5.95 Å². The number of fused-ring (bicyclic) bond motifs is 1. The van der Waals surface area contributed by atoms with Crippen molar-refractivity contribution < 1.29 is 0 Å². The Morgan fingerprint density at radius 1 is 1.03 bits per heavy atom. The van der Waals surface area contributed by atoms with Gasteiger partial charge in [0.05, 0.1) is 28.0 Å². The smallest absolute Gasteiger partial charge is 0.334 e. The molecular formula is C22H18ClN7O2. The molecule has 0 unspecified atom stereocenters. The highest BCUT2D eigenvalue weighted by Crippen LogP contribution is 2.30. The van der Waals surface area contributed by atoms with E-state index in [4.69, 9.17) is 16.6 Å². The van der Waals surface area contributed by atoms with Gasteiger partial charge < -0.3 is 10.2 Å². The first-order valence-electron chi connectivity index (χ1n) is 10.1. The first kappa shape index (κ1) is 20.1. The largest absolute Gasteiger partial charge is 0.339 e. The number of H-pyrrole nitrogens is 1. The standard InChI is InChI=1S/C22H18ClN7O2/c23-16-6-1-2-7-17(16)30-18-19(26-21(30)28-10-8-25-9-11-28)29(22(32)27-20(18)31)15-5-3-4-14(12-15)13-24/h1-7,12,25H,8-11H2,(H,27,31,32). The lowest BCUT2D eigenvalue weighted by atomic mass is 10.2. The summed E-state index contributed by atoms with van der Waals surface area (Å²) in [5, 5.41) is 13.0. The van der Waals surface area contributed by atoms with E-state index in [1.165, 1.54) is 4.57 Å². The number of nitrogens with one attached hydrogen (secondary N) is 2. The molecule has 5 rings (SSSR count). The van der Waals surface area contributed by atoms with Crippen molar-refractivity contribution in [2.24, 2.45) is 0 Å². The SMILES string of the molecule is N#Cc1cccc(-n2c(=O)[nH]c(=O)c3c2nc(N2CCNCC2)n3-c2ccccc2Cl)c1. The second-order valence-corrected chi connectivity index (χ2v) is 7.77. The molecule has 1 aliphatic heterocycles. The third-order valence-electron chi connectivity index (χ3n) is 5.42. The lowest BCUT2D eigenvalue weighted by Gasteiger charge is -2.28. The molecule has 0 spiro atoms. The van der Waals surface area contributed by atoms with Gasteiger partial charge in [0.15, 0.2) is 11.2 Å². The van der Waals surface area contributed by atoms with Crippen LogP contribution in [0.1, 0.15) is 5.56 Å². The summed E-state index contributed by atoms with van der Waals surface area (Å²) < 4.78 is 3.02. The summed E-state index contributed by atoms with van der Waals surface area (Å²) in [6.45, 7) is 2.89. The average Bonchev–Trinajstić information content (AvgIpc) is 3.20. The Bertz CT molecular complexity index is 1490. The molecule has 10 heteroatoms. The second-order valence-electron chi connectivity index (χ2n) is 7.36. The number of halogens is 1. The van der Waals surface area contributed by atoms with E-state index in [1.807, 2.05) is 12.1 Å². The van der Waals surface area contributed by atoms with Gasteiger partial charge in [-0.2, -0.15) is 10.2 Å². The van der Waals surface area contributed by atoms with Crippen molar-refractivity contribution >= 4 is 28.7 Å². The van der Waals surface area contributed by atoms with Crippen molar-refractivity contribution in [2.75, 3.05) is 31.1 Å². The molecule has 32 heavy (non-hydrogen) atoms. The molecule has 4 aromatic rings. The summed E-state index contributed by atoms with van der Waals surface area (Å²) in [6, 6.07) is 15.9. The van der Waals surface area contributed by atoms with Crippen LogP contribution in [0.15, 0.2) is 58.1 Å². The average molecular weight is 448 g/mol. The third kappa shape index (κ3) is 3.26. The van der Waals surface area contributed by atoms with Crippen LogP contribution in [0, 0.1) is 11.3 Å². The molecule has 0 saturated carbocycles. The molecule has 0 amide bonds. The molecule has 1 fully saturated rings. The van der Waals surface area contributed by atoms with Crippen LogP contribution in [0.4, 0.5) is 5.95 Å². The number of nitriles is 1. The molecule has 0 aliphatic carbocycles. The van der Waals surface area contributed by atoms with Crippen molar-refractivity contribution in [1.29, 1.82) is 5.26 Å².